The minimum Gasteiger partial charge on any atom is -0.350 e. The van der Waals surface area contributed by atoms with Crippen LogP contribution >= 0.6 is 21.6 Å². The fraction of sp³-hybridized carbons (Fsp3) is 0.630. The number of halogens is 3. The van der Waals surface area contributed by atoms with Crippen molar-refractivity contribution in [3.05, 3.63) is 35.4 Å². The van der Waals surface area contributed by atoms with E-state index in [0.717, 1.165) is 30.7 Å². The highest BCUT2D eigenvalue weighted by Crippen LogP contribution is 2.39. The van der Waals surface area contributed by atoms with E-state index in [4.69, 9.17) is 0 Å². The molecule has 0 aromatic heterocycles. The number of nitrogens with one attached hydrogen (secondary N) is 3. The molecule has 2 rings (SSSR count). The van der Waals surface area contributed by atoms with Crippen molar-refractivity contribution in [3.8, 4) is 0 Å². The maximum Gasteiger partial charge on any atom is 0.416 e. The van der Waals surface area contributed by atoms with Gasteiger partial charge in [0.2, 0.25) is 17.6 Å². The molecular formula is C27H38F3N3O4S2. The van der Waals surface area contributed by atoms with Gasteiger partial charge in [-0.3, -0.25) is 19.2 Å². The lowest BCUT2D eigenvalue weighted by molar-refractivity contribution is -0.140. The second kappa shape index (κ2) is 16.2. The number of Topliss-reactive ketones (excluding diaryl/α,β-unsaturated/α-hetero) is 1. The summed E-state index contributed by atoms with van der Waals surface area (Å²) in [5.41, 5.74) is -0.503. The molecule has 1 aromatic carbocycles. The first-order chi connectivity index (χ1) is 18.4. The molecule has 1 heterocycles. The smallest absolute Gasteiger partial charge is 0.350 e. The van der Waals surface area contributed by atoms with Crippen molar-refractivity contribution < 1.29 is 32.3 Å². The molecule has 7 nitrogen and oxygen atoms in total. The van der Waals surface area contributed by atoms with Gasteiger partial charge >= 0.3 is 6.18 Å². The number of carbonyl (C=O) groups excluding carboxylic acids is 4. The molecule has 1 unspecified atom stereocenters. The number of ketones is 1. The first kappa shape index (κ1) is 33.0. The summed E-state index contributed by atoms with van der Waals surface area (Å²) in [4.78, 5) is 51.0. The number of hydrogen-bond acceptors (Lipinski definition) is 6. The molecule has 39 heavy (non-hydrogen) atoms. The number of rotatable bonds is 15. The lowest BCUT2D eigenvalue weighted by atomic mass is 9.98. The molecule has 1 fully saturated rings. The van der Waals surface area contributed by atoms with E-state index in [-0.39, 0.29) is 31.2 Å². The maximum absolute atomic E-state index is 13.2. The molecule has 1 aromatic rings. The normalized spacial score (nSPS) is 16.9. The SMILES string of the molecule is CCNC(=O)C(=O)[C@H](Cc1ccc(C(F)(F)F)cc1)NC(=O)[C@H](CC(C)C)NC(=O)CCCCC1CCSS1. The van der Waals surface area contributed by atoms with Crippen LogP contribution in [0.5, 0.6) is 0 Å². The first-order valence-corrected chi connectivity index (χ1v) is 15.6. The minimum absolute atomic E-state index is 0.0467. The Morgan fingerprint density at radius 1 is 1.03 bits per heavy atom. The summed E-state index contributed by atoms with van der Waals surface area (Å²) in [7, 11) is 3.77. The zero-order valence-corrected chi connectivity index (χ0v) is 24.2. The molecule has 0 radical (unpaired) electrons. The molecule has 1 saturated heterocycles. The number of unbranched alkanes of at least 4 members (excludes halogenated alkanes) is 1. The molecule has 3 N–H and O–H groups in total. The third-order valence-corrected chi connectivity index (χ3v) is 9.19. The van der Waals surface area contributed by atoms with Crippen molar-refractivity contribution in [1.29, 1.82) is 0 Å². The van der Waals surface area contributed by atoms with Crippen LogP contribution in [0.1, 0.15) is 70.4 Å². The Balaban J connectivity index is 2.07. The average molecular weight is 590 g/mol. The third-order valence-electron chi connectivity index (χ3n) is 6.18. The first-order valence-electron chi connectivity index (χ1n) is 13.3. The molecule has 0 aliphatic carbocycles. The highest BCUT2D eigenvalue weighted by molar-refractivity contribution is 8.77. The van der Waals surface area contributed by atoms with Gasteiger partial charge in [0.15, 0.2) is 0 Å². The van der Waals surface area contributed by atoms with Crippen LogP contribution in [0.25, 0.3) is 0 Å². The van der Waals surface area contributed by atoms with Gasteiger partial charge in [-0.2, -0.15) is 13.2 Å². The maximum atomic E-state index is 13.2. The Bertz CT molecular complexity index is 968. The Labute approximate surface area is 236 Å². The molecule has 0 saturated carbocycles. The molecule has 3 atom stereocenters. The van der Waals surface area contributed by atoms with E-state index in [9.17, 15) is 32.3 Å². The van der Waals surface area contributed by atoms with Crippen molar-refractivity contribution in [2.24, 2.45) is 5.92 Å². The van der Waals surface area contributed by atoms with Crippen LogP contribution in [0.15, 0.2) is 24.3 Å². The van der Waals surface area contributed by atoms with Crippen molar-refractivity contribution in [3.63, 3.8) is 0 Å². The van der Waals surface area contributed by atoms with Gasteiger partial charge in [-0.1, -0.05) is 54.0 Å². The number of alkyl halides is 3. The average Bonchev–Trinajstić information content (AvgIpc) is 3.38. The Morgan fingerprint density at radius 2 is 1.72 bits per heavy atom. The van der Waals surface area contributed by atoms with Crippen LogP contribution < -0.4 is 16.0 Å². The van der Waals surface area contributed by atoms with Crippen LogP contribution in [-0.4, -0.2) is 53.1 Å². The van der Waals surface area contributed by atoms with Gasteiger partial charge in [-0.05, 0) is 56.2 Å². The summed E-state index contributed by atoms with van der Waals surface area (Å²) < 4.78 is 38.8. The summed E-state index contributed by atoms with van der Waals surface area (Å²) in [6, 6.07) is 1.96. The molecule has 1 aliphatic heterocycles. The van der Waals surface area contributed by atoms with Gasteiger partial charge in [0.05, 0.1) is 5.56 Å². The van der Waals surface area contributed by atoms with Gasteiger partial charge in [-0.15, -0.1) is 0 Å². The van der Waals surface area contributed by atoms with Crippen LogP contribution in [0, 0.1) is 5.92 Å². The quantitative estimate of drug-likeness (QED) is 0.156. The van der Waals surface area contributed by atoms with Gasteiger partial charge in [-0.25, -0.2) is 0 Å². The molecule has 218 valence electrons. The van der Waals surface area contributed by atoms with E-state index in [1.165, 1.54) is 18.6 Å². The number of likely N-dealkylation sites (N-methyl/N-ethyl adjacent to an activating group) is 1. The summed E-state index contributed by atoms with van der Waals surface area (Å²) >= 11 is 0. The number of carbonyl (C=O) groups is 4. The molecule has 0 bridgehead atoms. The van der Waals surface area contributed by atoms with Gasteiger partial charge in [0.1, 0.15) is 12.1 Å². The zero-order chi connectivity index (χ0) is 29.0. The van der Waals surface area contributed by atoms with E-state index >= 15 is 0 Å². The second-order valence-corrected chi connectivity index (χ2v) is 12.8. The van der Waals surface area contributed by atoms with E-state index in [1.54, 1.807) is 6.92 Å². The molecule has 12 heteroatoms. The predicted octanol–water partition coefficient (Wildman–Crippen LogP) is 4.68. The van der Waals surface area contributed by atoms with Crippen LogP contribution in [0.2, 0.25) is 0 Å². The Hall–Kier alpha value is -2.21. The zero-order valence-electron chi connectivity index (χ0n) is 22.6. The highest BCUT2D eigenvalue weighted by atomic mass is 33.1. The highest BCUT2D eigenvalue weighted by Gasteiger charge is 2.32. The van der Waals surface area contributed by atoms with E-state index in [1.807, 2.05) is 35.4 Å². The lowest BCUT2D eigenvalue weighted by Crippen LogP contribution is -2.54. The fourth-order valence-electron chi connectivity index (χ4n) is 4.14. The van der Waals surface area contributed by atoms with E-state index in [0.29, 0.717) is 23.7 Å². The summed E-state index contributed by atoms with van der Waals surface area (Å²) in [5.74, 6) is -1.50. The van der Waals surface area contributed by atoms with Crippen LogP contribution in [-0.2, 0) is 31.8 Å². The number of benzene rings is 1. The largest absolute Gasteiger partial charge is 0.416 e. The Kier molecular flexibility index (Phi) is 13.7. The summed E-state index contributed by atoms with van der Waals surface area (Å²) in [6.07, 6.45) is -0.248. The standard InChI is InChI=1S/C27H38F3N3O4S2/c1-4-31-26(37)24(35)21(16-18-9-11-19(12-10-18)27(28,29)30)33-25(36)22(15-17(2)3)32-23(34)8-6-5-7-20-13-14-38-39-20/h9-12,17,20-22H,4-8,13-16H2,1-3H3,(H,31,37)(H,32,34)(H,33,36)/t20?,21-,22-/m0/s1. The molecule has 1 aliphatic rings. The van der Waals surface area contributed by atoms with Gasteiger partial charge < -0.3 is 16.0 Å². The molecule has 0 spiro atoms. The number of amides is 3. The van der Waals surface area contributed by atoms with Crippen molar-refractivity contribution in [1.82, 2.24) is 16.0 Å². The molecule has 3 amide bonds. The van der Waals surface area contributed by atoms with Gasteiger partial charge in [0, 0.05) is 30.4 Å². The van der Waals surface area contributed by atoms with E-state index < -0.39 is 41.4 Å². The lowest BCUT2D eigenvalue weighted by Gasteiger charge is -2.24. The van der Waals surface area contributed by atoms with E-state index in [2.05, 4.69) is 16.0 Å². The van der Waals surface area contributed by atoms with Crippen LogP contribution in [0.3, 0.4) is 0 Å². The molecular weight excluding hydrogens is 551 g/mol. The predicted molar refractivity (Wildman–Crippen MR) is 149 cm³/mol. The Morgan fingerprint density at radius 3 is 2.28 bits per heavy atom. The summed E-state index contributed by atoms with van der Waals surface area (Å²) in [6.45, 7) is 5.61. The van der Waals surface area contributed by atoms with Crippen LogP contribution in [0.4, 0.5) is 13.2 Å². The summed E-state index contributed by atoms with van der Waals surface area (Å²) in [5, 5.41) is 8.36. The van der Waals surface area contributed by atoms with Crippen molar-refractivity contribution >= 4 is 45.1 Å². The number of hydrogen-bond donors (Lipinski definition) is 3. The fourth-order valence-corrected chi connectivity index (χ4v) is 7.17. The van der Waals surface area contributed by atoms with Gasteiger partial charge in [0.25, 0.3) is 5.91 Å². The monoisotopic (exact) mass is 589 g/mol. The second-order valence-electron chi connectivity index (χ2n) is 10.0. The van der Waals surface area contributed by atoms with Crippen molar-refractivity contribution in [2.45, 2.75) is 89.2 Å². The van der Waals surface area contributed by atoms with Crippen molar-refractivity contribution in [2.75, 3.05) is 12.3 Å². The topological polar surface area (TPSA) is 104 Å². The minimum atomic E-state index is -4.51. The third kappa shape index (κ3) is 11.8.